The van der Waals surface area contributed by atoms with Crippen molar-refractivity contribution in [1.82, 2.24) is 0 Å². The molecule has 1 aromatic heterocycles. The topological polar surface area (TPSA) is 9.23 Å². The van der Waals surface area contributed by atoms with Gasteiger partial charge < -0.3 is 4.74 Å². The van der Waals surface area contributed by atoms with Gasteiger partial charge >= 0.3 is 0 Å². The molecule has 0 fully saturated rings. The second-order valence-electron chi connectivity index (χ2n) is 3.06. The van der Waals surface area contributed by atoms with Gasteiger partial charge in [0, 0.05) is 10.9 Å². The van der Waals surface area contributed by atoms with E-state index in [1.165, 1.54) is 17.4 Å². The lowest BCUT2D eigenvalue weighted by molar-refractivity contribution is 0.348. The van der Waals surface area contributed by atoms with Crippen molar-refractivity contribution in [2.45, 2.75) is 13.8 Å². The van der Waals surface area contributed by atoms with E-state index in [9.17, 15) is 4.39 Å². The Morgan fingerprint density at radius 3 is 2.86 bits per heavy atom. The third-order valence-corrected chi connectivity index (χ3v) is 3.38. The predicted molar refractivity (Wildman–Crippen MR) is 57.7 cm³/mol. The Labute approximate surface area is 86.1 Å². The van der Waals surface area contributed by atoms with Crippen LogP contribution in [0.1, 0.15) is 12.5 Å². The van der Waals surface area contributed by atoms with Gasteiger partial charge in [-0.05, 0) is 19.9 Å². The van der Waals surface area contributed by atoms with E-state index in [4.69, 9.17) is 4.74 Å². The lowest BCUT2D eigenvalue weighted by Gasteiger charge is -1.98. The first-order valence-electron chi connectivity index (χ1n) is 4.54. The Kier molecular flexibility index (Phi) is 2.42. The van der Waals surface area contributed by atoms with Gasteiger partial charge in [-0.1, -0.05) is 23.5 Å². The fourth-order valence-electron chi connectivity index (χ4n) is 1.46. The average Bonchev–Trinajstić information content (AvgIpc) is 2.48. The summed E-state index contributed by atoms with van der Waals surface area (Å²) >= 11 is 1.38. The highest BCUT2D eigenvalue weighted by Gasteiger charge is 2.11. The molecule has 2 aromatic rings. The summed E-state index contributed by atoms with van der Waals surface area (Å²) in [6.45, 7) is 4.51. The molecular weight excluding hydrogens is 199 g/mol. The number of fused-ring (bicyclic) bond motifs is 1. The minimum atomic E-state index is -0.165. The lowest BCUT2D eigenvalue weighted by Crippen LogP contribution is -1.89. The fraction of sp³-hybridized carbons (Fsp3) is 0.273. The van der Waals surface area contributed by atoms with Crippen LogP contribution in [-0.4, -0.2) is 6.61 Å². The van der Waals surface area contributed by atoms with Gasteiger partial charge in [0.1, 0.15) is 5.82 Å². The van der Waals surface area contributed by atoms with Crippen LogP contribution in [0.2, 0.25) is 0 Å². The molecule has 0 radical (unpaired) electrons. The van der Waals surface area contributed by atoms with E-state index in [1.807, 2.05) is 19.9 Å². The summed E-state index contributed by atoms with van der Waals surface area (Å²) in [6, 6.07) is 5.13. The highest BCUT2D eigenvalue weighted by Crippen LogP contribution is 2.38. The van der Waals surface area contributed by atoms with Gasteiger partial charge in [-0.3, -0.25) is 0 Å². The number of hydrogen-bond acceptors (Lipinski definition) is 2. The number of ether oxygens (including phenoxy) is 1. The Morgan fingerprint density at radius 1 is 1.43 bits per heavy atom. The Hall–Kier alpha value is -1.09. The molecule has 14 heavy (non-hydrogen) atoms. The zero-order valence-corrected chi connectivity index (χ0v) is 8.95. The molecule has 0 atom stereocenters. The summed E-state index contributed by atoms with van der Waals surface area (Å²) in [5, 5.41) is 1.78. The zero-order chi connectivity index (χ0) is 10.1. The molecule has 1 heterocycles. The molecule has 0 unspecified atom stereocenters. The molecule has 2 rings (SSSR count). The van der Waals surface area contributed by atoms with Crippen LogP contribution in [0.3, 0.4) is 0 Å². The predicted octanol–water partition coefficient (Wildman–Crippen LogP) is 3.75. The maximum atomic E-state index is 13.4. The molecule has 0 aliphatic carbocycles. The highest BCUT2D eigenvalue weighted by atomic mass is 32.1. The largest absolute Gasteiger partial charge is 0.484 e. The molecule has 74 valence electrons. The minimum Gasteiger partial charge on any atom is -0.484 e. The maximum Gasteiger partial charge on any atom is 0.177 e. The van der Waals surface area contributed by atoms with Crippen LogP contribution < -0.4 is 4.74 Å². The van der Waals surface area contributed by atoms with Crippen molar-refractivity contribution in [2.75, 3.05) is 6.61 Å². The summed E-state index contributed by atoms with van der Waals surface area (Å²) in [4.78, 5) is 0. The number of thiophene rings is 1. The number of halogens is 1. The molecule has 0 bridgehead atoms. The van der Waals surface area contributed by atoms with Crippen LogP contribution in [0.5, 0.6) is 5.06 Å². The minimum absolute atomic E-state index is 0.165. The Bertz CT molecular complexity index is 462. The van der Waals surface area contributed by atoms with Gasteiger partial charge in [0.15, 0.2) is 5.06 Å². The number of aryl methyl sites for hydroxylation is 1. The van der Waals surface area contributed by atoms with E-state index in [2.05, 4.69) is 0 Å². The van der Waals surface area contributed by atoms with Crippen LogP contribution in [-0.2, 0) is 0 Å². The summed E-state index contributed by atoms with van der Waals surface area (Å²) in [6.07, 6.45) is 0. The monoisotopic (exact) mass is 210 g/mol. The second-order valence-corrected chi connectivity index (χ2v) is 4.05. The molecule has 0 N–H and O–H groups in total. The van der Waals surface area contributed by atoms with Crippen molar-refractivity contribution in [1.29, 1.82) is 0 Å². The van der Waals surface area contributed by atoms with Gasteiger partial charge in [-0.15, -0.1) is 0 Å². The third kappa shape index (κ3) is 1.38. The molecule has 0 aliphatic heterocycles. The lowest BCUT2D eigenvalue weighted by atomic mass is 10.2. The van der Waals surface area contributed by atoms with Crippen LogP contribution in [0.25, 0.3) is 10.1 Å². The Balaban J connectivity index is 2.67. The highest BCUT2D eigenvalue weighted by molar-refractivity contribution is 7.21. The molecule has 0 saturated carbocycles. The first kappa shape index (κ1) is 9.46. The van der Waals surface area contributed by atoms with Gasteiger partial charge in [0.05, 0.1) is 11.3 Å². The molecule has 0 aliphatic rings. The summed E-state index contributed by atoms with van der Waals surface area (Å²) < 4.78 is 19.5. The van der Waals surface area contributed by atoms with Crippen LogP contribution >= 0.6 is 11.3 Å². The van der Waals surface area contributed by atoms with E-state index in [0.717, 1.165) is 16.0 Å². The van der Waals surface area contributed by atoms with Crippen molar-refractivity contribution in [3.63, 3.8) is 0 Å². The zero-order valence-electron chi connectivity index (χ0n) is 8.13. The first-order valence-corrected chi connectivity index (χ1v) is 5.36. The number of rotatable bonds is 2. The van der Waals surface area contributed by atoms with Gasteiger partial charge in [-0.25, -0.2) is 4.39 Å². The molecule has 1 nitrogen and oxygen atoms in total. The molecule has 0 saturated heterocycles. The average molecular weight is 210 g/mol. The van der Waals surface area contributed by atoms with E-state index in [0.29, 0.717) is 11.3 Å². The van der Waals surface area contributed by atoms with Gasteiger partial charge in [-0.2, -0.15) is 0 Å². The van der Waals surface area contributed by atoms with E-state index < -0.39 is 0 Å². The molecular formula is C11H11FOS. The van der Waals surface area contributed by atoms with E-state index in [1.54, 1.807) is 6.07 Å². The number of hydrogen-bond donors (Lipinski definition) is 0. The quantitative estimate of drug-likeness (QED) is 0.733. The summed E-state index contributed by atoms with van der Waals surface area (Å²) in [5.41, 5.74) is 1.03. The maximum absolute atomic E-state index is 13.4. The van der Waals surface area contributed by atoms with Gasteiger partial charge in [0.25, 0.3) is 0 Å². The molecule has 0 amide bonds. The van der Waals surface area contributed by atoms with Gasteiger partial charge in [0.2, 0.25) is 0 Å². The van der Waals surface area contributed by atoms with E-state index in [-0.39, 0.29) is 5.82 Å². The van der Waals surface area contributed by atoms with Crippen LogP contribution in [0.4, 0.5) is 4.39 Å². The van der Waals surface area contributed by atoms with Crippen molar-refractivity contribution in [3.8, 4) is 5.06 Å². The van der Waals surface area contributed by atoms with Crippen molar-refractivity contribution >= 4 is 21.4 Å². The SMILES string of the molecule is CCOc1sc2c(F)cccc2c1C. The van der Waals surface area contributed by atoms with Crippen molar-refractivity contribution < 1.29 is 9.13 Å². The van der Waals surface area contributed by atoms with Crippen molar-refractivity contribution in [3.05, 3.63) is 29.6 Å². The van der Waals surface area contributed by atoms with Crippen molar-refractivity contribution in [2.24, 2.45) is 0 Å². The normalized spacial score (nSPS) is 10.8. The summed E-state index contributed by atoms with van der Waals surface area (Å²) in [7, 11) is 0. The molecule has 0 spiro atoms. The van der Waals surface area contributed by atoms with E-state index >= 15 is 0 Å². The first-order chi connectivity index (χ1) is 6.74. The molecule has 3 heteroatoms. The molecule has 1 aromatic carbocycles. The third-order valence-electron chi connectivity index (χ3n) is 2.15. The smallest absolute Gasteiger partial charge is 0.177 e. The standard InChI is InChI=1S/C11H11FOS/c1-3-13-11-7(2)8-5-4-6-9(12)10(8)14-11/h4-6H,3H2,1-2H3. The number of benzene rings is 1. The van der Waals surface area contributed by atoms with Crippen LogP contribution in [0, 0.1) is 12.7 Å². The second kappa shape index (κ2) is 3.58. The Morgan fingerprint density at radius 2 is 2.21 bits per heavy atom. The summed E-state index contributed by atoms with van der Waals surface area (Å²) in [5.74, 6) is -0.165. The van der Waals surface area contributed by atoms with Crippen LogP contribution in [0.15, 0.2) is 18.2 Å². The fourth-order valence-corrected chi connectivity index (χ4v) is 2.58.